The fourth-order valence-corrected chi connectivity index (χ4v) is 1.38. The number of rotatable bonds is 6. The quantitative estimate of drug-likeness (QED) is 0.692. The number of hydrogen-bond donors (Lipinski definition) is 3. The van der Waals surface area contributed by atoms with Gasteiger partial charge in [0.1, 0.15) is 0 Å². The van der Waals surface area contributed by atoms with Crippen molar-refractivity contribution in [2.75, 3.05) is 23.7 Å². The Morgan fingerprint density at radius 3 is 2.00 bits per heavy atom. The summed E-state index contributed by atoms with van der Waals surface area (Å²) in [6, 6.07) is 8.50. The van der Waals surface area contributed by atoms with E-state index in [9.17, 15) is 0 Å². The van der Waals surface area contributed by atoms with Crippen LogP contribution in [0, 0.1) is 5.92 Å². The first-order valence-corrected chi connectivity index (χ1v) is 5.97. The molecule has 1 rings (SSSR count). The molecule has 0 saturated carbocycles. The zero-order chi connectivity index (χ0) is 12.0. The molecule has 1 unspecified atom stereocenters. The third kappa shape index (κ3) is 4.11. The number of anilines is 2. The number of nitrogens with one attached hydrogen (secondary N) is 2. The summed E-state index contributed by atoms with van der Waals surface area (Å²) in [7, 11) is 0. The van der Waals surface area contributed by atoms with Crippen molar-refractivity contribution in [2.24, 2.45) is 11.7 Å². The fourth-order valence-electron chi connectivity index (χ4n) is 1.38. The Labute approximate surface area is 98.4 Å². The lowest BCUT2D eigenvalue weighted by Gasteiger charge is -2.17. The Kier molecular flexibility index (Phi) is 5.12. The van der Waals surface area contributed by atoms with E-state index in [0.717, 1.165) is 24.5 Å². The van der Waals surface area contributed by atoms with Crippen molar-refractivity contribution >= 4 is 11.4 Å². The second kappa shape index (κ2) is 6.38. The maximum Gasteiger partial charge on any atom is 0.0342 e. The van der Waals surface area contributed by atoms with Crippen molar-refractivity contribution in [2.45, 2.75) is 26.8 Å². The predicted molar refractivity (Wildman–Crippen MR) is 71.9 cm³/mol. The molecule has 0 heterocycles. The van der Waals surface area contributed by atoms with Crippen LogP contribution in [0.5, 0.6) is 0 Å². The maximum atomic E-state index is 5.97. The van der Waals surface area contributed by atoms with Crippen LogP contribution in [0.1, 0.15) is 20.8 Å². The Morgan fingerprint density at radius 2 is 1.56 bits per heavy atom. The van der Waals surface area contributed by atoms with Gasteiger partial charge >= 0.3 is 0 Å². The van der Waals surface area contributed by atoms with Crippen molar-refractivity contribution in [3.05, 3.63) is 24.3 Å². The van der Waals surface area contributed by atoms with Gasteiger partial charge in [-0.1, -0.05) is 13.8 Å². The summed E-state index contributed by atoms with van der Waals surface area (Å²) in [6.45, 7) is 8.14. The van der Waals surface area contributed by atoms with Crippen LogP contribution in [-0.4, -0.2) is 19.1 Å². The van der Waals surface area contributed by atoms with E-state index in [1.165, 1.54) is 0 Å². The van der Waals surface area contributed by atoms with Crippen molar-refractivity contribution in [1.82, 2.24) is 0 Å². The van der Waals surface area contributed by atoms with E-state index in [0.29, 0.717) is 5.92 Å². The third-order valence-corrected chi connectivity index (χ3v) is 2.66. The van der Waals surface area contributed by atoms with Crippen LogP contribution in [0.2, 0.25) is 0 Å². The van der Waals surface area contributed by atoms with Gasteiger partial charge in [-0.15, -0.1) is 0 Å². The van der Waals surface area contributed by atoms with Gasteiger partial charge in [-0.05, 0) is 37.1 Å². The average Bonchev–Trinajstić information content (AvgIpc) is 2.28. The molecule has 0 radical (unpaired) electrons. The Hall–Kier alpha value is -1.22. The molecule has 3 heteroatoms. The lowest BCUT2D eigenvalue weighted by atomic mass is 10.1. The zero-order valence-electron chi connectivity index (χ0n) is 10.5. The van der Waals surface area contributed by atoms with Crippen molar-refractivity contribution in [3.63, 3.8) is 0 Å². The van der Waals surface area contributed by atoms with Crippen LogP contribution >= 0.6 is 0 Å². The predicted octanol–water partition coefficient (Wildman–Crippen LogP) is 2.51. The lowest BCUT2D eigenvalue weighted by Crippen LogP contribution is -2.33. The topological polar surface area (TPSA) is 50.1 Å². The van der Waals surface area contributed by atoms with Gasteiger partial charge in [0.2, 0.25) is 0 Å². The molecule has 1 aromatic rings. The van der Waals surface area contributed by atoms with E-state index >= 15 is 0 Å². The van der Waals surface area contributed by atoms with Crippen LogP contribution in [0.4, 0.5) is 11.4 Å². The molecule has 0 amide bonds. The van der Waals surface area contributed by atoms with Crippen LogP contribution in [-0.2, 0) is 0 Å². The van der Waals surface area contributed by atoms with Crippen LogP contribution < -0.4 is 16.4 Å². The summed E-state index contributed by atoms with van der Waals surface area (Å²) in [4.78, 5) is 0. The van der Waals surface area contributed by atoms with Crippen LogP contribution in [0.15, 0.2) is 24.3 Å². The second-order valence-corrected chi connectivity index (χ2v) is 4.40. The van der Waals surface area contributed by atoms with Crippen LogP contribution in [0.3, 0.4) is 0 Å². The minimum atomic E-state index is 0.202. The third-order valence-electron chi connectivity index (χ3n) is 2.66. The van der Waals surface area contributed by atoms with Gasteiger partial charge in [0.05, 0.1) is 0 Å². The molecule has 1 atom stereocenters. The smallest absolute Gasteiger partial charge is 0.0342 e. The molecular formula is C13H23N3. The molecule has 0 aromatic heterocycles. The summed E-state index contributed by atoms with van der Waals surface area (Å²) in [5, 5.41) is 6.61. The number of benzene rings is 1. The van der Waals surface area contributed by atoms with Crippen molar-refractivity contribution in [3.8, 4) is 0 Å². The SMILES string of the molecule is CCNc1ccc(NCC(N)C(C)C)cc1. The van der Waals surface area contributed by atoms with Gasteiger partial charge in [-0.25, -0.2) is 0 Å². The zero-order valence-corrected chi connectivity index (χ0v) is 10.5. The van der Waals surface area contributed by atoms with Gasteiger partial charge in [0, 0.05) is 30.5 Å². The highest BCUT2D eigenvalue weighted by Gasteiger charge is 2.06. The molecule has 16 heavy (non-hydrogen) atoms. The van der Waals surface area contributed by atoms with E-state index < -0.39 is 0 Å². The van der Waals surface area contributed by atoms with E-state index in [2.05, 4.69) is 55.7 Å². The van der Waals surface area contributed by atoms with Gasteiger partial charge in [-0.3, -0.25) is 0 Å². The first-order chi connectivity index (χ1) is 7.63. The highest BCUT2D eigenvalue weighted by Crippen LogP contribution is 2.13. The molecule has 0 fully saturated rings. The van der Waals surface area contributed by atoms with Gasteiger partial charge < -0.3 is 16.4 Å². The number of hydrogen-bond acceptors (Lipinski definition) is 3. The molecule has 0 spiro atoms. The molecule has 0 aliphatic heterocycles. The molecule has 0 bridgehead atoms. The highest BCUT2D eigenvalue weighted by molar-refractivity contribution is 5.53. The molecule has 3 nitrogen and oxygen atoms in total. The molecule has 0 aliphatic rings. The number of nitrogens with two attached hydrogens (primary N) is 1. The summed E-state index contributed by atoms with van der Waals surface area (Å²) in [5.74, 6) is 0.508. The fraction of sp³-hybridized carbons (Fsp3) is 0.538. The van der Waals surface area contributed by atoms with Crippen molar-refractivity contribution < 1.29 is 0 Å². The van der Waals surface area contributed by atoms with Gasteiger partial charge in [0.25, 0.3) is 0 Å². The normalized spacial score (nSPS) is 12.6. The lowest BCUT2D eigenvalue weighted by molar-refractivity contribution is 0.511. The molecule has 0 aliphatic carbocycles. The maximum absolute atomic E-state index is 5.97. The largest absolute Gasteiger partial charge is 0.385 e. The summed E-state index contributed by atoms with van der Waals surface area (Å²) in [5.41, 5.74) is 8.24. The average molecular weight is 221 g/mol. The summed E-state index contributed by atoms with van der Waals surface area (Å²) in [6.07, 6.45) is 0. The molecule has 90 valence electrons. The first kappa shape index (κ1) is 12.8. The Bertz CT molecular complexity index is 293. The second-order valence-electron chi connectivity index (χ2n) is 4.40. The van der Waals surface area contributed by atoms with Gasteiger partial charge in [0.15, 0.2) is 0 Å². The minimum Gasteiger partial charge on any atom is -0.385 e. The van der Waals surface area contributed by atoms with Crippen molar-refractivity contribution in [1.29, 1.82) is 0 Å². The summed E-state index contributed by atoms with van der Waals surface area (Å²) < 4.78 is 0. The van der Waals surface area contributed by atoms with Gasteiger partial charge in [-0.2, -0.15) is 0 Å². The Morgan fingerprint density at radius 1 is 1.06 bits per heavy atom. The van der Waals surface area contributed by atoms with E-state index in [-0.39, 0.29) is 6.04 Å². The molecule has 0 saturated heterocycles. The highest BCUT2D eigenvalue weighted by atomic mass is 14.9. The Balaban J connectivity index is 2.43. The van der Waals surface area contributed by atoms with E-state index in [4.69, 9.17) is 5.73 Å². The summed E-state index contributed by atoms with van der Waals surface area (Å²) >= 11 is 0. The molecule has 4 N–H and O–H groups in total. The standard InChI is InChI=1S/C13H23N3/c1-4-15-11-5-7-12(8-6-11)16-9-13(14)10(2)3/h5-8,10,13,15-16H,4,9,14H2,1-3H3. The monoisotopic (exact) mass is 221 g/mol. The minimum absolute atomic E-state index is 0.202. The molecule has 1 aromatic carbocycles. The molecular weight excluding hydrogens is 198 g/mol. The first-order valence-electron chi connectivity index (χ1n) is 5.97. The van der Waals surface area contributed by atoms with E-state index in [1.807, 2.05) is 0 Å². The van der Waals surface area contributed by atoms with E-state index in [1.54, 1.807) is 0 Å². The van der Waals surface area contributed by atoms with Crippen LogP contribution in [0.25, 0.3) is 0 Å².